The van der Waals surface area contributed by atoms with Gasteiger partial charge in [-0.15, -0.1) is 0 Å². The molecule has 0 radical (unpaired) electrons. The lowest BCUT2D eigenvalue weighted by Crippen LogP contribution is -1.92. The number of rotatable bonds is 3. The van der Waals surface area contributed by atoms with Gasteiger partial charge in [0.2, 0.25) is 5.88 Å². The lowest BCUT2D eigenvalue weighted by molar-refractivity contribution is 0.398. The molecule has 5 heterocycles. The van der Waals surface area contributed by atoms with E-state index < -0.39 is 0 Å². The second-order valence-electron chi connectivity index (χ2n) is 6.06. The van der Waals surface area contributed by atoms with E-state index in [0.717, 1.165) is 38.8 Å². The number of nitrogens with zero attached hydrogens (tertiary/aromatic N) is 4. The van der Waals surface area contributed by atoms with Crippen molar-refractivity contribution in [3.63, 3.8) is 0 Å². The van der Waals surface area contributed by atoms with Crippen molar-refractivity contribution in [3.05, 3.63) is 67.6 Å². The highest BCUT2D eigenvalue weighted by Gasteiger charge is 2.10. The second-order valence-corrected chi connectivity index (χ2v) is 6.06. The van der Waals surface area contributed by atoms with E-state index in [1.807, 2.05) is 53.7 Å². The minimum atomic E-state index is 0.594. The van der Waals surface area contributed by atoms with Crippen LogP contribution in [0.15, 0.2) is 67.6 Å². The molecule has 0 aliphatic heterocycles. The number of hydrogen-bond acceptors (Lipinski definition) is 4. The molecule has 5 aromatic heterocycles. The zero-order chi connectivity index (χ0) is 17.5. The third-order valence-electron chi connectivity index (χ3n) is 4.51. The molecule has 0 unspecified atom stereocenters. The van der Waals surface area contributed by atoms with Gasteiger partial charge >= 0.3 is 0 Å². The molecule has 0 aliphatic rings. The van der Waals surface area contributed by atoms with Crippen molar-refractivity contribution in [1.29, 1.82) is 0 Å². The maximum Gasteiger partial charge on any atom is 0.212 e. The summed E-state index contributed by atoms with van der Waals surface area (Å²) in [5, 5.41) is 1.08. The van der Waals surface area contributed by atoms with Gasteiger partial charge in [-0.25, -0.2) is 15.0 Å². The molecule has 1 N–H and O–H groups in total. The lowest BCUT2D eigenvalue weighted by Gasteiger charge is -2.10. The Balaban J connectivity index is 1.71. The third kappa shape index (κ3) is 2.31. The Labute approximate surface area is 149 Å². The highest BCUT2D eigenvalue weighted by molar-refractivity contribution is 5.86. The van der Waals surface area contributed by atoms with Crippen molar-refractivity contribution in [2.75, 3.05) is 7.11 Å². The number of imidazole rings is 1. The number of methoxy groups -OCH3 is 1. The molecule has 26 heavy (non-hydrogen) atoms. The molecule has 0 aliphatic carbocycles. The van der Waals surface area contributed by atoms with Crippen LogP contribution in [0.3, 0.4) is 0 Å². The van der Waals surface area contributed by atoms with Crippen LogP contribution < -0.4 is 4.74 Å². The Kier molecular flexibility index (Phi) is 3.21. The highest BCUT2D eigenvalue weighted by atomic mass is 16.5. The molecule has 0 fully saturated rings. The maximum absolute atomic E-state index is 5.16. The minimum absolute atomic E-state index is 0.594. The van der Waals surface area contributed by atoms with Crippen LogP contribution in [-0.2, 0) is 0 Å². The van der Waals surface area contributed by atoms with Gasteiger partial charge in [-0.05, 0) is 24.3 Å². The van der Waals surface area contributed by atoms with E-state index in [9.17, 15) is 0 Å². The van der Waals surface area contributed by atoms with Crippen molar-refractivity contribution < 1.29 is 4.74 Å². The van der Waals surface area contributed by atoms with Crippen LogP contribution in [0.25, 0.3) is 38.8 Å². The van der Waals surface area contributed by atoms with Crippen molar-refractivity contribution in [2.24, 2.45) is 0 Å². The summed E-state index contributed by atoms with van der Waals surface area (Å²) < 4.78 is 7.19. The third-order valence-corrected chi connectivity index (χ3v) is 4.51. The molecule has 5 aromatic rings. The van der Waals surface area contributed by atoms with Gasteiger partial charge in [0.05, 0.1) is 25.2 Å². The summed E-state index contributed by atoms with van der Waals surface area (Å²) in [6.07, 6.45) is 11.3. The molecule has 5 rings (SSSR count). The summed E-state index contributed by atoms with van der Waals surface area (Å²) in [6.45, 7) is 0. The molecule has 0 aromatic carbocycles. The van der Waals surface area contributed by atoms with Crippen LogP contribution in [-0.4, -0.2) is 31.4 Å². The monoisotopic (exact) mass is 341 g/mol. The zero-order valence-electron chi connectivity index (χ0n) is 14.0. The van der Waals surface area contributed by atoms with Gasteiger partial charge in [-0.1, -0.05) is 0 Å². The summed E-state index contributed by atoms with van der Waals surface area (Å²) >= 11 is 0. The zero-order valence-corrected chi connectivity index (χ0v) is 14.0. The molecule has 0 bridgehead atoms. The fourth-order valence-corrected chi connectivity index (χ4v) is 3.18. The molecule has 0 saturated carbocycles. The fourth-order valence-electron chi connectivity index (χ4n) is 3.18. The van der Waals surface area contributed by atoms with E-state index >= 15 is 0 Å². The van der Waals surface area contributed by atoms with Gasteiger partial charge in [0.15, 0.2) is 0 Å². The number of ether oxygens (including phenoxy) is 1. The maximum atomic E-state index is 5.16. The first-order valence-corrected chi connectivity index (χ1v) is 8.21. The fraction of sp³-hybridized carbons (Fsp3) is 0.0500. The van der Waals surface area contributed by atoms with Gasteiger partial charge < -0.3 is 14.1 Å². The molecule has 126 valence electrons. The second kappa shape index (κ2) is 5.70. The molecular formula is C20H15N5O. The Morgan fingerprint density at radius 2 is 1.88 bits per heavy atom. The molecule has 6 heteroatoms. The van der Waals surface area contributed by atoms with E-state index in [0.29, 0.717) is 5.88 Å². The number of aromatic nitrogens is 5. The van der Waals surface area contributed by atoms with E-state index in [4.69, 9.17) is 4.74 Å². The Bertz CT molecular complexity index is 1220. The number of nitrogens with one attached hydrogen (secondary N) is 1. The molecule has 0 saturated heterocycles. The summed E-state index contributed by atoms with van der Waals surface area (Å²) in [5.41, 5.74) is 6.10. The predicted octanol–water partition coefficient (Wildman–Crippen LogP) is 3.95. The average Bonchev–Trinajstić information content (AvgIpc) is 3.35. The molecule has 6 nitrogen and oxygen atoms in total. The summed E-state index contributed by atoms with van der Waals surface area (Å²) in [7, 11) is 1.61. The van der Waals surface area contributed by atoms with Gasteiger partial charge in [-0.3, -0.25) is 0 Å². The Morgan fingerprint density at radius 1 is 0.962 bits per heavy atom. The van der Waals surface area contributed by atoms with Gasteiger partial charge in [-0.2, -0.15) is 0 Å². The molecule has 0 amide bonds. The van der Waals surface area contributed by atoms with Gasteiger partial charge in [0.1, 0.15) is 5.65 Å². The number of fused-ring (bicyclic) bond motifs is 2. The van der Waals surface area contributed by atoms with Crippen LogP contribution in [0.1, 0.15) is 0 Å². The van der Waals surface area contributed by atoms with Gasteiger partial charge in [0.25, 0.3) is 0 Å². The number of H-pyrrole nitrogens is 1. The highest BCUT2D eigenvalue weighted by Crippen LogP contribution is 2.31. The van der Waals surface area contributed by atoms with Crippen molar-refractivity contribution in [1.82, 2.24) is 24.3 Å². The first kappa shape index (κ1) is 14.7. The Hall–Kier alpha value is -3.67. The van der Waals surface area contributed by atoms with Crippen molar-refractivity contribution >= 4 is 16.6 Å². The quantitative estimate of drug-likeness (QED) is 0.539. The van der Waals surface area contributed by atoms with Crippen LogP contribution in [0.5, 0.6) is 5.88 Å². The molecule has 0 atom stereocenters. The number of pyridine rings is 3. The molecular weight excluding hydrogens is 326 g/mol. The lowest BCUT2D eigenvalue weighted by atomic mass is 10.0. The topological polar surface area (TPSA) is 68.1 Å². The van der Waals surface area contributed by atoms with E-state index in [-0.39, 0.29) is 0 Å². The standard InChI is InChI=1S/C20H15N5O/c1-26-19-3-2-14(8-23-19)17-7-16(11-25-12-21-10-18(17)25)15-6-13-4-5-22-20(13)24-9-15/h2-12H,1H3,(H,22,24). The predicted molar refractivity (Wildman–Crippen MR) is 100 cm³/mol. The first-order valence-electron chi connectivity index (χ1n) is 8.21. The van der Waals surface area contributed by atoms with Crippen LogP contribution in [0.2, 0.25) is 0 Å². The van der Waals surface area contributed by atoms with E-state index in [2.05, 4.69) is 38.3 Å². The SMILES string of the molecule is COc1ccc(-c2cc(-c3cnc4[nH]ccc4c3)cn3cncc23)cn1. The van der Waals surface area contributed by atoms with E-state index in [1.54, 1.807) is 7.11 Å². The summed E-state index contributed by atoms with van der Waals surface area (Å²) in [4.78, 5) is 16.3. The number of aromatic amines is 1. The smallest absolute Gasteiger partial charge is 0.212 e. The summed E-state index contributed by atoms with van der Waals surface area (Å²) in [5.74, 6) is 0.594. The minimum Gasteiger partial charge on any atom is -0.481 e. The molecule has 0 spiro atoms. The number of hydrogen-bond donors (Lipinski definition) is 1. The van der Waals surface area contributed by atoms with Crippen LogP contribution in [0, 0.1) is 0 Å². The Morgan fingerprint density at radius 3 is 2.73 bits per heavy atom. The van der Waals surface area contributed by atoms with Crippen LogP contribution >= 0.6 is 0 Å². The largest absolute Gasteiger partial charge is 0.481 e. The first-order chi connectivity index (χ1) is 12.8. The van der Waals surface area contributed by atoms with Gasteiger partial charge in [0, 0.05) is 58.5 Å². The van der Waals surface area contributed by atoms with Crippen molar-refractivity contribution in [3.8, 4) is 28.1 Å². The van der Waals surface area contributed by atoms with Crippen molar-refractivity contribution in [2.45, 2.75) is 0 Å². The average molecular weight is 341 g/mol. The normalized spacial score (nSPS) is 11.3. The summed E-state index contributed by atoms with van der Waals surface area (Å²) in [6, 6.07) is 10.2. The van der Waals surface area contributed by atoms with Crippen LogP contribution in [0.4, 0.5) is 0 Å². The van der Waals surface area contributed by atoms with E-state index in [1.165, 1.54) is 0 Å².